The van der Waals surface area contributed by atoms with E-state index in [1.165, 1.54) is 11.1 Å². The Morgan fingerprint density at radius 2 is 1.83 bits per heavy atom. The number of nitrogens with zero attached hydrogens (tertiary/aromatic N) is 1. The molecule has 1 aliphatic heterocycles. The average Bonchev–Trinajstić information content (AvgIpc) is 2.47. The zero-order valence-corrected chi connectivity index (χ0v) is 11.4. The minimum absolute atomic E-state index is 0.165. The number of piperazine rings is 1. The van der Waals surface area contributed by atoms with Crippen LogP contribution in [0.2, 0.25) is 0 Å². The molecule has 2 rings (SSSR count). The van der Waals surface area contributed by atoms with E-state index in [2.05, 4.69) is 48.3 Å². The molecule has 0 aromatic heterocycles. The van der Waals surface area contributed by atoms with Gasteiger partial charge in [-0.2, -0.15) is 0 Å². The number of benzene rings is 1. The monoisotopic (exact) mass is 248 g/mol. The molecule has 18 heavy (non-hydrogen) atoms. The van der Waals surface area contributed by atoms with Crippen LogP contribution in [0, 0.1) is 0 Å². The molecule has 1 unspecified atom stereocenters. The predicted octanol–water partition coefficient (Wildman–Crippen LogP) is 1.36. The van der Waals surface area contributed by atoms with Crippen molar-refractivity contribution < 1.29 is 5.11 Å². The first-order valence-electron chi connectivity index (χ1n) is 6.86. The third-order valence-corrected chi connectivity index (χ3v) is 4.11. The molecule has 0 amide bonds. The van der Waals surface area contributed by atoms with Crippen LogP contribution < -0.4 is 5.32 Å². The molecule has 1 aliphatic rings. The molecular weight excluding hydrogens is 224 g/mol. The van der Waals surface area contributed by atoms with Crippen molar-refractivity contribution >= 4 is 0 Å². The van der Waals surface area contributed by atoms with Crippen molar-refractivity contribution in [1.29, 1.82) is 0 Å². The topological polar surface area (TPSA) is 35.5 Å². The van der Waals surface area contributed by atoms with Crippen LogP contribution in [0.3, 0.4) is 0 Å². The molecule has 1 atom stereocenters. The van der Waals surface area contributed by atoms with E-state index >= 15 is 0 Å². The van der Waals surface area contributed by atoms with E-state index in [0.717, 1.165) is 32.6 Å². The summed E-state index contributed by atoms with van der Waals surface area (Å²) in [5.74, 6) is 0. The van der Waals surface area contributed by atoms with E-state index in [9.17, 15) is 5.11 Å². The molecule has 1 heterocycles. The van der Waals surface area contributed by atoms with Crippen molar-refractivity contribution in [1.82, 2.24) is 10.2 Å². The van der Waals surface area contributed by atoms with Gasteiger partial charge in [-0.25, -0.2) is 0 Å². The fraction of sp³-hybridized carbons (Fsp3) is 0.600. The average molecular weight is 248 g/mol. The lowest BCUT2D eigenvalue weighted by Gasteiger charge is -2.43. The summed E-state index contributed by atoms with van der Waals surface area (Å²) in [5.41, 5.74) is 2.30. The van der Waals surface area contributed by atoms with E-state index in [1.807, 2.05) is 0 Å². The predicted molar refractivity (Wildman–Crippen MR) is 74.7 cm³/mol. The molecule has 2 N–H and O–H groups in total. The van der Waals surface area contributed by atoms with Crippen LogP contribution in [-0.4, -0.2) is 42.8 Å². The van der Waals surface area contributed by atoms with Crippen LogP contribution in [0.1, 0.15) is 25.0 Å². The lowest BCUT2D eigenvalue weighted by Crippen LogP contribution is -2.54. The van der Waals surface area contributed by atoms with Gasteiger partial charge in [-0.1, -0.05) is 31.2 Å². The molecule has 3 nitrogen and oxygen atoms in total. The van der Waals surface area contributed by atoms with Crippen molar-refractivity contribution in [3.05, 3.63) is 35.4 Å². The van der Waals surface area contributed by atoms with Gasteiger partial charge in [0, 0.05) is 26.2 Å². The lowest BCUT2D eigenvalue weighted by atomic mass is 9.89. The highest BCUT2D eigenvalue weighted by molar-refractivity contribution is 5.28. The van der Waals surface area contributed by atoms with Crippen LogP contribution in [0.15, 0.2) is 24.3 Å². The molecular formula is C15H24N2O. The van der Waals surface area contributed by atoms with Gasteiger partial charge < -0.3 is 10.4 Å². The summed E-state index contributed by atoms with van der Waals surface area (Å²) in [6.45, 7) is 8.46. The molecule has 1 aromatic rings. The number of rotatable bonds is 4. The van der Waals surface area contributed by atoms with Gasteiger partial charge in [0.1, 0.15) is 0 Å². The number of aliphatic hydroxyl groups is 1. The maximum absolute atomic E-state index is 9.86. The lowest BCUT2D eigenvalue weighted by molar-refractivity contribution is 0.0311. The molecule has 100 valence electrons. The second-order valence-corrected chi connectivity index (χ2v) is 5.22. The molecule has 0 bridgehead atoms. The highest BCUT2D eigenvalue weighted by Crippen LogP contribution is 2.28. The summed E-state index contributed by atoms with van der Waals surface area (Å²) in [6.07, 6.45) is 1.06. The minimum atomic E-state index is -0.256. The van der Waals surface area contributed by atoms with Crippen LogP contribution in [-0.2, 0) is 12.0 Å². The molecule has 0 aliphatic carbocycles. The van der Waals surface area contributed by atoms with Gasteiger partial charge in [-0.15, -0.1) is 0 Å². The van der Waals surface area contributed by atoms with E-state index in [1.54, 1.807) is 0 Å². The first kappa shape index (κ1) is 13.5. The van der Waals surface area contributed by atoms with Gasteiger partial charge in [0.25, 0.3) is 0 Å². The molecule has 1 aromatic carbocycles. The molecule has 0 saturated carbocycles. The van der Waals surface area contributed by atoms with Crippen molar-refractivity contribution in [3.8, 4) is 0 Å². The van der Waals surface area contributed by atoms with Crippen molar-refractivity contribution in [2.75, 3.05) is 32.8 Å². The molecule has 0 radical (unpaired) electrons. The second kappa shape index (κ2) is 5.83. The highest BCUT2D eigenvalue weighted by atomic mass is 16.3. The first-order chi connectivity index (χ1) is 8.70. The number of hydrogen-bond acceptors (Lipinski definition) is 3. The van der Waals surface area contributed by atoms with E-state index < -0.39 is 0 Å². The Kier molecular flexibility index (Phi) is 4.38. The third kappa shape index (κ3) is 2.58. The summed E-state index contributed by atoms with van der Waals surface area (Å²) in [5, 5.41) is 13.2. The van der Waals surface area contributed by atoms with E-state index in [4.69, 9.17) is 0 Å². The number of aliphatic hydroxyl groups excluding tert-OH is 1. The molecule has 0 spiro atoms. The SMILES string of the molecule is CCc1ccc(C(C)(CO)N2CCNCC2)cc1. The number of nitrogens with one attached hydrogen (secondary N) is 1. The minimum Gasteiger partial charge on any atom is -0.394 e. The first-order valence-corrected chi connectivity index (χ1v) is 6.86. The summed E-state index contributed by atoms with van der Waals surface area (Å²) < 4.78 is 0. The molecule has 1 saturated heterocycles. The van der Waals surface area contributed by atoms with Crippen molar-refractivity contribution in [2.24, 2.45) is 0 Å². The van der Waals surface area contributed by atoms with E-state index in [-0.39, 0.29) is 12.1 Å². The number of hydrogen-bond donors (Lipinski definition) is 2. The summed E-state index contributed by atoms with van der Waals surface area (Å²) in [4.78, 5) is 2.38. The van der Waals surface area contributed by atoms with Gasteiger partial charge in [0.2, 0.25) is 0 Å². The van der Waals surface area contributed by atoms with Gasteiger partial charge in [-0.3, -0.25) is 4.90 Å². The van der Waals surface area contributed by atoms with Gasteiger partial charge in [0.05, 0.1) is 12.1 Å². The Labute approximate surface area is 110 Å². The fourth-order valence-electron chi connectivity index (χ4n) is 2.63. The fourth-order valence-corrected chi connectivity index (χ4v) is 2.63. The Bertz CT molecular complexity index is 371. The third-order valence-electron chi connectivity index (χ3n) is 4.11. The Hall–Kier alpha value is -0.900. The summed E-state index contributed by atoms with van der Waals surface area (Å²) >= 11 is 0. The van der Waals surface area contributed by atoms with Crippen LogP contribution in [0.4, 0.5) is 0 Å². The Morgan fingerprint density at radius 1 is 1.22 bits per heavy atom. The smallest absolute Gasteiger partial charge is 0.0666 e. The zero-order chi connectivity index (χ0) is 13.0. The van der Waals surface area contributed by atoms with Crippen molar-refractivity contribution in [2.45, 2.75) is 25.8 Å². The zero-order valence-electron chi connectivity index (χ0n) is 11.4. The molecule has 3 heteroatoms. The summed E-state index contributed by atoms with van der Waals surface area (Å²) in [6, 6.07) is 8.67. The standard InChI is InChI=1S/C15H24N2O/c1-3-13-4-6-14(7-5-13)15(2,12-18)17-10-8-16-9-11-17/h4-7,16,18H,3,8-12H2,1-2H3. The highest BCUT2D eigenvalue weighted by Gasteiger charge is 2.33. The Balaban J connectivity index is 2.23. The largest absolute Gasteiger partial charge is 0.394 e. The van der Waals surface area contributed by atoms with Crippen LogP contribution in [0.25, 0.3) is 0 Å². The van der Waals surface area contributed by atoms with Crippen molar-refractivity contribution in [3.63, 3.8) is 0 Å². The van der Waals surface area contributed by atoms with Gasteiger partial charge in [-0.05, 0) is 24.5 Å². The number of aryl methyl sites for hydroxylation is 1. The Morgan fingerprint density at radius 3 is 2.33 bits per heavy atom. The second-order valence-electron chi connectivity index (χ2n) is 5.22. The van der Waals surface area contributed by atoms with E-state index in [0.29, 0.717) is 0 Å². The van der Waals surface area contributed by atoms with Gasteiger partial charge >= 0.3 is 0 Å². The maximum Gasteiger partial charge on any atom is 0.0666 e. The van der Waals surface area contributed by atoms with Crippen LogP contribution in [0.5, 0.6) is 0 Å². The summed E-state index contributed by atoms with van der Waals surface area (Å²) in [7, 11) is 0. The maximum atomic E-state index is 9.86. The quantitative estimate of drug-likeness (QED) is 0.844. The molecule has 1 fully saturated rings. The van der Waals surface area contributed by atoms with Gasteiger partial charge in [0.15, 0.2) is 0 Å². The van der Waals surface area contributed by atoms with Crippen LogP contribution >= 0.6 is 0 Å². The normalized spacial score (nSPS) is 20.6.